The first-order valence-corrected chi connectivity index (χ1v) is 7.24. The molecule has 0 saturated carbocycles. The minimum absolute atomic E-state index is 0.136. The molecular weight excluding hydrogens is 303 g/mol. The average molecular weight is 312 g/mol. The lowest BCUT2D eigenvalue weighted by molar-refractivity contribution is 0.630. The molecule has 3 nitrogen and oxygen atoms in total. The van der Waals surface area contributed by atoms with Crippen LogP contribution in [0.2, 0.25) is 0 Å². The van der Waals surface area contributed by atoms with E-state index in [1.54, 1.807) is 6.07 Å². The van der Waals surface area contributed by atoms with Crippen molar-refractivity contribution in [2.75, 3.05) is 0 Å². The predicted molar refractivity (Wildman–Crippen MR) is 90.1 cm³/mol. The first-order chi connectivity index (χ1) is 11.7. The van der Waals surface area contributed by atoms with Crippen LogP contribution in [0, 0.1) is 23.7 Å². The molecule has 0 aliphatic heterocycles. The van der Waals surface area contributed by atoms with Crippen LogP contribution in [0.4, 0.5) is 10.1 Å². The molecule has 0 bridgehead atoms. The molecule has 24 heavy (non-hydrogen) atoms. The number of hydrogen-bond donors (Lipinski definition) is 0. The van der Waals surface area contributed by atoms with Gasteiger partial charge in [0.1, 0.15) is 23.1 Å². The maximum Gasteiger partial charge on any atom is 0.224 e. The summed E-state index contributed by atoms with van der Waals surface area (Å²) in [7, 11) is 0. The first-order valence-electron chi connectivity index (χ1n) is 7.24. The molecule has 0 atom stereocenters. The van der Waals surface area contributed by atoms with Gasteiger partial charge in [0, 0.05) is 10.8 Å². The fraction of sp³-hybridized carbons (Fsp3) is 0. The van der Waals surface area contributed by atoms with Gasteiger partial charge in [-0.1, -0.05) is 24.3 Å². The number of fused-ring (bicyclic) bond motifs is 3. The summed E-state index contributed by atoms with van der Waals surface area (Å²) in [5, 5.41) is 11.1. The number of furan rings is 1. The Balaban J connectivity index is 1.96. The van der Waals surface area contributed by atoms with Gasteiger partial charge in [0.15, 0.2) is 0 Å². The zero-order chi connectivity index (χ0) is 16.7. The fourth-order valence-corrected chi connectivity index (χ4v) is 2.84. The normalized spacial score (nSPS) is 10.6. The molecule has 112 valence electrons. The molecule has 4 aromatic rings. The fourth-order valence-electron chi connectivity index (χ4n) is 2.84. The highest BCUT2D eigenvalue weighted by Crippen LogP contribution is 2.34. The van der Waals surface area contributed by atoms with Crippen molar-refractivity contribution in [1.29, 1.82) is 5.26 Å². The van der Waals surface area contributed by atoms with Crippen molar-refractivity contribution < 1.29 is 8.81 Å². The first kappa shape index (κ1) is 14.0. The van der Waals surface area contributed by atoms with Crippen LogP contribution in [0.3, 0.4) is 0 Å². The molecule has 0 fully saturated rings. The summed E-state index contributed by atoms with van der Waals surface area (Å²) in [6.45, 7) is 7.08. The third-order valence-corrected chi connectivity index (χ3v) is 4.01. The van der Waals surface area contributed by atoms with E-state index in [-0.39, 0.29) is 11.3 Å². The second-order valence-corrected chi connectivity index (χ2v) is 5.39. The summed E-state index contributed by atoms with van der Waals surface area (Å²) in [4.78, 5) is 3.16. The van der Waals surface area contributed by atoms with Crippen LogP contribution in [0.15, 0.2) is 59.0 Å². The largest absolute Gasteiger partial charge is 0.456 e. The van der Waals surface area contributed by atoms with Gasteiger partial charge in [-0.3, -0.25) is 0 Å². The summed E-state index contributed by atoms with van der Waals surface area (Å²) >= 11 is 0. The molecule has 4 heteroatoms. The van der Waals surface area contributed by atoms with Gasteiger partial charge in [0.25, 0.3) is 0 Å². The van der Waals surface area contributed by atoms with E-state index >= 15 is 0 Å². The van der Waals surface area contributed by atoms with Crippen LogP contribution < -0.4 is 0 Å². The van der Waals surface area contributed by atoms with Crippen LogP contribution in [0.1, 0.15) is 5.56 Å². The molecule has 0 spiro atoms. The minimum Gasteiger partial charge on any atom is -0.456 e. The van der Waals surface area contributed by atoms with Crippen molar-refractivity contribution in [2.45, 2.75) is 0 Å². The van der Waals surface area contributed by atoms with Gasteiger partial charge in [-0.2, -0.15) is 5.26 Å². The van der Waals surface area contributed by atoms with Gasteiger partial charge in [-0.05, 0) is 41.5 Å². The lowest BCUT2D eigenvalue weighted by atomic mass is 10.0. The van der Waals surface area contributed by atoms with E-state index in [1.165, 1.54) is 12.1 Å². The summed E-state index contributed by atoms with van der Waals surface area (Å²) in [5.74, 6) is -0.777. The van der Waals surface area contributed by atoms with E-state index in [0.717, 1.165) is 21.9 Å². The number of benzene rings is 3. The maximum absolute atomic E-state index is 13.9. The molecule has 0 saturated heterocycles. The zero-order valence-electron chi connectivity index (χ0n) is 12.4. The number of para-hydroxylation sites is 1. The van der Waals surface area contributed by atoms with Crippen molar-refractivity contribution >= 4 is 27.6 Å². The number of halogens is 1. The topological polar surface area (TPSA) is 41.3 Å². The molecule has 0 aliphatic carbocycles. The Labute approximate surface area is 137 Å². The predicted octanol–water partition coefficient (Wildman–Crippen LogP) is 5.81. The maximum atomic E-state index is 13.9. The molecule has 0 unspecified atom stereocenters. The number of nitrogens with zero attached hydrogens (tertiary/aromatic N) is 2. The highest BCUT2D eigenvalue weighted by Gasteiger charge is 2.13. The van der Waals surface area contributed by atoms with Gasteiger partial charge in [0.2, 0.25) is 5.69 Å². The van der Waals surface area contributed by atoms with E-state index in [9.17, 15) is 4.39 Å². The monoisotopic (exact) mass is 312 g/mol. The second-order valence-electron chi connectivity index (χ2n) is 5.39. The van der Waals surface area contributed by atoms with Crippen molar-refractivity contribution in [3.8, 4) is 17.2 Å². The molecule has 0 N–H and O–H groups in total. The number of nitriles is 1. The molecule has 0 aliphatic rings. The van der Waals surface area contributed by atoms with Gasteiger partial charge in [-0.15, -0.1) is 0 Å². The second kappa shape index (κ2) is 5.22. The Morgan fingerprint density at radius 3 is 2.54 bits per heavy atom. The van der Waals surface area contributed by atoms with Crippen molar-refractivity contribution in [3.63, 3.8) is 0 Å². The highest BCUT2D eigenvalue weighted by atomic mass is 19.1. The van der Waals surface area contributed by atoms with Crippen molar-refractivity contribution in [1.82, 2.24) is 0 Å². The molecule has 3 aromatic carbocycles. The quantitative estimate of drug-likeness (QED) is 0.416. The summed E-state index contributed by atoms with van der Waals surface area (Å²) in [5.41, 5.74) is 2.59. The Morgan fingerprint density at radius 1 is 0.958 bits per heavy atom. The van der Waals surface area contributed by atoms with Crippen molar-refractivity contribution in [3.05, 3.63) is 77.4 Å². The molecule has 0 amide bonds. The Morgan fingerprint density at radius 2 is 1.75 bits per heavy atom. The minimum atomic E-state index is -0.777. The Bertz CT molecular complexity index is 1160. The van der Waals surface area contributed by atoms with Gasteiger partial charge in [0.05, 0.1) is 12.1 Å². The van der Waals surface area contributed by atoms with Crippen LogP contribution in [-0.2, 0) is 0 Å². The molecule has 4 rings (SSSR count). The zero-order valence-corrected chi connectivity index (χ0v) is 12.4. The molecule has 1 aromatic heterocycles. The van der Waals surface area contributed by atoms with Crippen LogP contribution in [0.25, 0.3) is 37.9 Å². The Hall–Kier alpha value is -3.63. The SMILES string of the molecule is [C-]#[N+]c1cc(-c2ccc3c(c2)oc2ccccc23)cc(C#N)c1F. The van der Waals surface area contributed by atoms with Crippen molar-refractivity contribution in [2.24, 2.45) is 0 Å². The third-order valence-electron chi connectivity index (χ3n) is 4.01. The van der Waals surface area contributed by atoms with E-state index < -0.39 is 5.82 Å². The molecule has 1 heterocycles. The average Bonchev–Trinajstić information content (AvgIpc) is 2.99. The van der Waals surface area contributed by atoms with Crippen LogP contribution >= 0.6 is 0 Å². The Kier molecular flexibility index (Phi) is 3.05. The summed E-state index contributed by atoms with van der Waals surface area (Å²) in [6, 6.07) is 18.1. The number of rotatable bonds is 1. The smallest absolute Gasteiger partial charge is 0.224 e. The lowest BCUT2D eigenvalue weighted by Crippen LogP contribution is -1.87. The van der Waals surface area contributed by atoms with E-state index in [1.807, 2.05) is 42.5 Å². The summed E-state index contributed by atoms with van der Waals surface area (Å²) < 4.78 is 19.8. The van der Waals surface area contributed by atoms with Crippen LogP contribution in [-0.4, -0.2) is 0 Å². The van der Waals surface area contributed by atoms with E-state index in [2.05, 4.69) is 4.85 Å². The van der Waals surface area contributed by atoms with Gasteiger partial charge < -0.3 is 4.42 Å². The van der Waals surface area contributed by atoms with Gasteiger partial charge in [-0.25, -0.2) is 9.24 Å². The highest BCUT2D eigenvalue weighted by molar-refractivity contribution is 6.05. The third kappa shape index (κ3) is 2.02. The lowest BCUT2D eigenvalue weighted by Gasteiger charge is -2.05. The standard InChI is InChI=1S/C20H9FN2O/c1-23-17-9-13(8-14(11-22)20(17)21)12-6-7-16-15-4-2-3-5-18(15)24-19(16)10-12/h2-10H. The molecule has 0 radical (unpaired) electrons. The van der Waals surface area contributed by atoms with Gasteiger partial charge >= 0.3 is 0 Å². The van der Waals surface area contributed by atoms with Crippen LogP contribution in [0.5, 0.6) is 0 Å². The summed E-state index contributed by atoms with van der Waals surface area (Å²) in [6.07, 6.45) is 0. The van der Waals surface area contributed by atoms with E-state index in [4.69, 9.17) is 16.3 Å². The number of hydrogen-bond acceptors (Lipinski definition) is 2. The molecular formula is C20H9FN2O. The van der Waals surface area contributed by atoms with E-state index in [0.29, 0.717) is 11.1 Å².